The van der Waals surface area contributed by atoms with E-state index >= 15 is 0 Å². The molecule has 0 aliphatic rings. The molecule has 2 atom stereocenters. The molecular weight excluding hydrogens is 544 g/mol. The third-order valence-electron chi connectivity index (χ3n) is 7.99. The topological polar surface area (TPSA) is 64.6 Å². The van der Waals surface area contributed by atoms with E-state index in [1.807, 2.05) is 12.2 Å². The van der Waals surface area contributed by atoms with Crippen LogP contribution < -0.4 is 0 Å². The van der Waals surface area contributed by atoms with Gasteiger partial charge in [-0.15, -0.1) is 0 Å². The predicted molar refractivity (Wildman–Crippen MR) is 178 cm³/mol. The maximum absolute atomic E-state index is 5.95. The summed E-state index contributed by atoms with van der Waals surface area (Å²) in [5.74, 6) is 0. The SMILES string of the molecule is COC(C=CCCCCCCCCCCCC(OC)OC)OC(C=CCCCCCCCCCCCC(OC)OC)OC. The number of unbranched alkanes of at least 4 members (excludes halogenated alkanes) is 18. The zero-order chi connectivity index (χ0) is 31.6. The van der Waals surface area contributed by atoms with E-state index in [9.17, 15) is 0 Å². The fraction of sp³-hybridized carbons (Fsp3) is 0.889. The Kier molecular flexibility index (Phi) is 33.4. The quantitative estimate of drug-likeness (QED) is 0.0406. The summed E-state index contributed by atoms with van der Waals surface area (Å²) >= 11 is 0. The van der Waals surface area contributed by atoms with Crippen molar-refractivity contribution in [3.63, 3.8) is 0 Å². The molecule has 0 spiro atoms. The van der Waals surface area contributed by atoms with Gasteiger partial charge in [0.25, 0.3) is 0 Å². The molecule has 0 aromatic heterocycles. The minimum atomic E-state index is -0.390. The zero-order valence-corrected chi connectivity index (χ0v) is 29.0. The first-order valence-electron chi connectivity index (χ1n) is 17.3. The average Bonchev–Trinajstić information content (AvgIpc) is 3.03. The molecule has 0 bridgehead atoms. The monoisotopic (exact) mass is 615 g/mol. The Bertz CT molecular complexity index is 540. The van der Waals surface area contributed by atoms with Crippen LogP contribution in [0.5, 0.6) is 0 Å². The lowest BCUT2D eigenvalue weighted by molar-refractivity contribution is -0.188. The van der Waals surface area contributed by atoms with Crippen molar-refractivity contribution in [1.29, 1.82) is 0 Å². The molecule has 256 valence electrons. The van der Waals surface area contributed by atoms with Gasteiger partial charge in [0.1, 0.15) is 0 Å². The molecule has 0 heterocycles. The highest BCUT2D eigenvalue weighted by atomic mass is 16.8. The minimum absolute atomic E-state index is 0.0399. The van der Waals surface area contributed by atoms with Gasteiger partial charge in [-0.1, -0.05) is 102 Å². The first kappa shape index (κ1) is 42.2. The second-order valence-corrected chi connectivity index (χ2v) is 11.5. The van der Waals surface area contributed by atoms with Crippen LogP contribution in [0.2, 0.25) is 0 Å². The van der Waals surface area contributed by atoms with Gasteiger partial charge in [0.15, 0.2) is 25.2 Å². The van der Waals surface area contributed by atoms with Crippen LogP contribution in [0.3, 0.4) is 0 Å². The van der Waals surface area contributed by atoms with Crippen molar-refractivity contribution >= 4 is 0 Å². The lowest BCUT2D eigenvalue weighted by atomic mass is 10.1. The normalized spacial score (nSPS) is 13.8. The van der Waals surface area contributed by atoms with Crippen molar-refractivity contribution in [1.82, 2.24) is 0 Å². The second kappa shape index (κ2) is 34.1. The molecule has 0 radical (unpaired) electrons. The lowest BCUT2D eigenvalue weighted by Gasteiger charge is -2.18. The lowest BCUT2D eigenvalue weighted by Crippen LogP contribution is -2.22. The fourth-order valence-electron chi connectivity index (χ4n) is 5.19. The molecule has 0 aliphatic heterocycles. The van der Waals surface area contributed by atoms with Gasteiger partial charge in [-0.3, -0.25) is 0 Å². The Morgan fingerprint density at radius 2 is 0.628 bits per heavy atom. The summed E-state index contributed by atoms with van der Waals surface area (Å²) in [4.78, 5) is 0. The van der Waals surface area contributed by atoms with Gasteiger partial charge >= 0.3 is 0 Å². The highest BCUT2D eigenvalue weighted by molar-refractivity contribution is 4.89. The van der Waals surface area contributed by atoms with Crippen LogP contribution in [-0.4, -0.2) is 67.8 Å². The van der Waals surface area contributed by atoms with E-state index in [0.717, 1.165) is 25.7 Å². The minimum Gasteiger partial charge on any atom is -0.356 e. The average molecular weight is 615 g/mol. The van der Waals surface area contributed by atoms with E-state index in [0.29, 0.717) is 0 Å². The fourth-order valence-corrected chi connectivity index (χ4v) is 5.19. The Hall–Kier alpha value is -0.800. The van der Waals surface area contributed by atoms with Crippen LogP contribution in [0.1, 0.15) is 141 Å². The van der Waals surface area contributed by atoms with Gasteiger partial charge in [0.2, 0.25) is 0 Å². The van der Waals surface area contributed by atoms with Crippen LogP contribution in [-0.2, 0) is 33.2 Å². The second-order valence-electron chi connectivity index (χ2n) is 11.5. The predicted octanol–water partition coefficient (Wildman–Crippen LogP) is 9.88. The van der Waals surface area contributed by atoms with Crippen LogP contribution >= 0.6 is 0 Å². The number of ether oxygens (including phenoxy) is 7. The molecule has 0 N–H and O–H groups in total. The van der Waals surface area contributed by atoms with E-state index in [1.165, 1.54) is 116 Å². The Labute approximate surface area is 266 Å². The summed E-state index contributed by atoms with van der Waals surface area (Å²) < 4.78 is 37.9. The molecule has 0 saturated carbocycles. The van der Waals surface area contributed by atoms with Crippen molar-refractivity contribution in [2.75, 3.05) is 42.7 Å². The highest BCUT2D eigenvalue weighted by Crippen LogP contribution is 2.15. The molecule has 7 heteroatoms. The third-order valence-corrected chi connectivity index (χ3v) is 7.99. The van der Waals surface area contributed by atoms with E-state index in [-0.39, 0.29) is 25.2 Å². The van der Waals surface area contributed by atoms with Crippen LogP contribution in [0, 0.1) is 0 Å². The van der Waals surface area contributed by atoms with Crippen LogP contribution in [0.15, 0.2) is 24.3 Å². The molecule has 0 aromatic carbocycles. The highest BCUT2D eigenvalue weighted by Gasteiger charge is 2.10. The molecular formula is C36H70O7. The molecule has 0 fully saturated rings. The molecule has 0 saturated heterocycles. The van der Waals surface area contributed by atoms with Gasteiger partial charge in [-0.25, -0.2) is 0 Å². The summed E-state index contributed by atoms with van der Waals surface area (Å²) in [6.07, 6.45) is 34.7. The van der Waals surface area contributed by atoms with Crippen molar-refractivity contribution in [2.24, 2.45) is 0 Å². The van der Waals surface area contributed by atoms with Gasteiger partial charge < -0.3 is 33.2 Å². The number of allylic oxidation sites excluding steroid dienone is 2. The summed E-state index contributed by atoms with van der Waals surface area (Å²) in [6, 6.07) is 0. The van der Waals surface area contributed by atoms with Crippen LogP contribution in [0.25, 0.3) is 0 Å². The molecule has 7 nitrogen and oxygen atoms in total. The van der Waals surface area contributed by atoms with Crippen molar-refractivity contribution in [3.8, 4) is 0 Å². The van der Waals surface area contributed by atoms with Crippen LogP contribution in [0.4, 0.5) is 0 Å². The maximum atomic E-state index is 5.95. The van der Waals surface area contributed by atoms with E-state index in [4.69, 9.17) is 33.2 Å². The summed E-state index contributed by atoms with van der Waals surface area (Å²) in [5, 5.41) is 0. The van der Waals surface area contributed by atoms with Gasteiger partial charge in [-0.05, 0) is 63.5 Å². The largest absolute Gasteiger partial charge is 0.356 e. The molecule has 2 unspecified atom stereocenters. The van der Waals surface area contributed by atoms with E-state index < -0.39 is 0 Å². The number of hydrogen-bond acceptors (Lipinski definition) is 7. The number of methoxy groups -OCH3 is 6. The van der Waals surface area contributed by atoms with Crippen molar-refractivity contribution in [3.05, 3.63) is 24.3 Å². The molecule has 43 heavy (non-hydrogen) atoms. The first-order chi connectivity index (χ1) is 21.1. The molecule has 0 aromatic rings. The summed E-state index contributed by atoms with van der Waals surface area (Å²) in [6.45, 7) is 0. The number of rotatable bonds is 34. The van der Waals surface area contributed by atoms with E-state index in [2.05, 4.69) is 12.2 Å². The summed E-state index contributed by atoms with van der Waals surface area (Å²) in [7, 11) is 10.2. The Morgan fingerprint density at radius 3 is 0.907 bits per heavy atom. The molecule has 0 amide bonds. The van der Waals surface area contributed by atoms with Gasteiger partial charge in [0, 0.05) is 42.7 Å². The summed E-state index contributed by atoms with van der Waals surface area (Å²) in [5.41, 5.74) is 0. The van der Waals surface area contributed by atoms with Gasteiger partial charge in [0.05, 0.1) is 0 Å². The number of hydrogen-bond donors (Lipinski definition) is 0. The zero-order valence-electron chi connectivity index (χ0n) is 29.0. The molecule has 0 aliphatic carbocycles. The Morgan fingerprint density at radius 1 is 0.349 bits per heavy atom. The Balaban J connectivity index is 3.72. The first-order valence-corrected chi connectivity index (χ1v) is 17.3. The van der Waals surface area contributed by atoms with Crippen molar-refractivity contribution in [2.45, 2.75) is 166 Å². The standard InChI is InChI=1S/C36H70O7/c1-37-33(38-2)29-25-21-17-13-9-7-11-15-19-23-27-31-35(41-5)43-36(42-6)32-28-24-20-16-12-8-10-14-18-22-26-30-34(39-3)40-4/h27-28,31-36H,7-26,29-30H2,1-6H3. The molecule has 0 rings (SSSR count). The van der Waals surface area contributed by atoms with E-state index in [1.54, 1.807) is 42.7 Å². The van der Waals surface area contributed by atoms with Crippen molar-refractivity contribution < 1.29 is 33.2 Å². The third kappa shape index (κ3) is 28.4. The smallest absolute Gasteiger partial charge is 0.179 e. The van der Waals surface area contributed by atoms with Gasteiger partial charge in [-0.2, -0.15) is 0 Å². The maximum Gasteiger partial charge on any atom is 0.179 e.